The van der Waals surface area contributed by atoms with E-state index in [4.69, 9.17) is 27.5 Å². The van der Waals surface area contributed by atoms with Crippen LogP contribution in [0, 0.1) is 5.41 Å². The van der Waals surface area contributed by atoms with Crippen molar-refractivity contribution < 1.29 is 26.9 Å². The summed E-state index contributed by atoms with van der Waals surface area (Å²) in [6, 6.07) is 5.08. The molecule has 0 saturated heterocycles. The molecule has 1 atom stereocenters. The largest absolute Gasteiger partial charge is 0.573 e. The fraction of sp³-hybridized carbons (Fsp3) is 0.429. The fourth-order valence-electron chi connectivity index (χ4n) is 3.25. The molecule has 0 amide bonds. The Morgan fingerprint density at radius 2 is 1.97 bits per heavy atom. The Balaban J connectivity index is 1.57. The smallest absolute Gasteiger partial charge is 0.489 e. The quantitative estimate of drug-likeness (QED) is 0.434. The third-order valence-electron chi connectivity index (χ3n) is 5.50. The van der Waals surface area contributed by atoms with E-state index in [0.717, 1.165) is 43.4 Å². The second-order valence-corrected chi connectivity index (χ2v) is 10.5. The highest BCUT2D eigenvalue weighted by Crippen LogP contribution is 2.42. The first-order chi connectivity index (χ1) is 15.4. The zero-order chi connectivity index (χ0) is 24.0. The van der Waals surface area contributed by atoms with Crippen molar-refractivity contribution in [1.82, 2.24) is 4.57 Å². The average Bonchev–Trinajstić information content (AvgIpc) is 3.61. The van der Waals surface area contributed by atoms with Gasteiger partial charge in [0.1, 0.15) is 34.6 Å². The molecule has 33 heavy (non-hydrogen) atoms. The maximum atomic E-state index is 12.5. The Labute approximate surface area is 195 Å². The van der Waals surface area contributed by atoms with E-state index < -0.39 is 23.1 Å². The lowest BCUT2D eigenvalue weighted by atomic mass is 10.1. The lowest BCUT2D eigenvalue weighted by Crippen LogP contribution is -2.34. The van der Waals surface area contributed by atoms with Crippen LogP contribution in [0.4, 0.5) is 13.2 Å². The van der Waals surface area contributed by atoms with E-state index in [2.05, 4.69) is 9.13 Å². The van der Waals surface area contributed by atoms with Crippen molar-refractivity contribution in [1.29, 1.82) is 5.41 Å². The van der Waals surface area contributed by atoms with Gasteiger partial charge in [-0.25, -0.2) is 4.21 Å². The number of nitrogens with zero attached hydrogens (tertiary/aromatic N) is 2. The number of nitrogens with one attached hydrogen (secondary N) is 1. The van der Waals surface area contributed by atoms with Crippen LogP contribution in [0.2, 0.25) is 5.02 Å². The van der Waals surface area contributed by atoms with E-state index in [-0.39, 0.29) is 39.5 Å². The minimum atomic E-state index is -4.85. The lowest BCUT2D eigenvalue weighted by Gasteiger charge is -2.16. The van der Waals surface area contributed by atoms with Gasteiger partial charge in [-0.2, -0.15) is 4.40 Å². The van der Waals surface area contributed by atoms with Crippen molar-refractivity contribution >= 4 is 28.5 Å². The third kappa shape index (κ3) is 5.89. The molecule has 0 aliphatic heterocycles. The van der Waals surface area contributed by atoms with Gasteiger partial charge in [-0.05, 0) is 67.9 Å². The number of pyridine rings is 1. The summed E-state index contributed by atoms with van der Waals surface area (Å²) in [5, 5.41) is 8.38. The van der Waals surface area contributed by atoms with Gasteiger partial charge in [0.15, 0.2) is 0 Å². The van der Waals surface area contributed by atoms with Gasteiger partial charge in [-0.3, -0.25) is 9.98 Å². The molecule has 2 aromatic rings. The SMILES string of the molecule is CC1(S(=O)/N=C(\N)n2cc(C3CC3)c(COc3cc(Cl)cc(OC(F)(F)F)c3)cc2=N)CC1. The maximum Gasteiger partial charge on any atom is 0.573 e. The van der Waals surface area contributed by atoms with Gasteiger partial charge in [-0.15, -0.1) is 13.2 Å². The topological polar surface area (TPSA) is 103 Å². The van der Waals surface area contributed by atoms with Crippen LogP contribution in [0.15, 0.2) is 34.9 Å². The summed E-state index contributed by atoms with van der Waals surface area (Å²) in [5.74, 6) is -0.162. The Bertz CT molecular complexity index is 1190. The van der Waals surface area contributed by atoms with Crippen LogP contribution in [0.1, 0.15) is 49.7 Å². The van der Waals surface area contributed by atoms with Crippen LogP contribution in [-0.2, 0) is 17.6 Å². The minimum absolute atomic E-state index is 0.00536. The molecule has 178 valence electrons. The highest BCUT2D eigenvalue weighted by molar-refractivity contribution is 7.85. The fourth-order valence-corrected chi connectivity index (χ4v) is 4.39. The molecule has 12 heteroatoms. The number of halogens is 4. The number of ether oxygens (including phenoxy) is 2. The van der Waals surface area contributed by atoms with E-state index in [1.54, 1.807) is 12.3 Å². The zero-order valence-electron chi connectivity index (χ0n) is 17.6. The first kappa shape index (κ1) is 23.6. The number of alkyl halides is 3. The molecule has 3 N–H and O–H groups in total. The maximum absolute atomic E-state index is 12.5. The van der Waals surface area contributed by atoms with Gasteiger partial charge in [0.25, 0.3) is 0 Å². The molecule has 1 aromatic heterocycles. The van der Waals surface area contributed by atoms with Gasteiger partial charge in [-0.1, -0.05) is 11.6 Å². The predicted octanol–water partition coefficient (Wildman–Crippen LogP) is 4.35. The third-order valence-corrected chi connectivity index (χ3v) is 7.32. The highest BCUT2D eigenvalue weighted by atomic mass is 35.5. The Kier molecular flexibility index (Phi) is 6.21. The van der Waals surface area contributed by atoms with Crippen LogP contribution in [0.25, 0.3) is 0 Å². The molecule has 1 heterocycles. The zero-order valence-corrected chi connectivity index (χ0v) is 19.2. The lowest BCUT2D eigenvalue weighted by molar-refractivity contribution is -0.274. The average molecular weight is 503 g/mol. The second-order valence-electron chi connectivity index (χ2n) is 8.39. The van der Waals surface area contributed by atoms with Gasteiger partial charge in [0, 0.05) is 17.3 Å². The number of rotatable bonds is 7. The number of aromatic nitrogens is 1. The molecule has 4 rings (SSSR count). The molecule has 7 nitrogen and oxygen atoms in total. The summed E-state index contributed by atoms with van der Waals surface area (Å²) in [6.07, 6.45) is 0.379. The van der Waals surface area contributed by atoms with Crippen molar-refractivity contribution in [2.75, 3.05) is 0 Å². The van der Waals surface area contributed by atoms with Gasteiger partial charge < -0.3 is 15.2 Å². The Morgan fingerprint density at radius 3 is 2.58 bits per heavy atom. The van der Waals surface area contributed by atoms with Gasteiger partial charge in [0.05, 0.1) is 4.75 Å². The molecule has 1 aromatic carbocycles. The number of hydrogen-bond acceptors (Lipinski definition) is 4. The molecular weight excluding hydrogens is 481 g/mol. The molecule has 2 fully saturated rings. The number of benzene rings is 1. The summed E-state index contributed by atoms with van der Waals surface area (Å²) in [7, 11) is -1.48. The second kappa shape index (κ2) is 8.68. The molecule has 2 aliphatic carbocycles. The summed E-state index contributed by atoms with van der Waals surface area (Å²) >= 11 is 5.90. The normalized spacial score (nSPS) is 18.6. The van der Waals surface area contributed by atoms with Gasteiger partial charge >= 0.3 is 6.36 Å². The highest BCUT2D eigenvalue weighted by Gasteiger charge is 2.44. The van der Waals surface area contributed by atoms with Crippen molar-refractivity contribution in [2.24, 2.45) is 10.1 Å². The molecular formula is C21H22ClF3N4O3S. The van der Waals surface area contributed by atoms with Crippen LogP contribution >= 0.6 is 11.6 Å². The Hall–Kier alpha value is -2.53. The van der Waals surface area contributed by atoms with Crippen molar-refractivity contribution in [2.45, 2.75) is 56.2 Å². The monoisotopic (exact) mass is 502 g/mol. The summed E-state index contributed by atoms with van der Waals surface area (Å²) in [5.41, 5.74) is 7.66. The number of hydrogen-bond donors (Lipinski definition) is 2. The molecule has 1 unspecified atom stereocenters. The summed E-state index contributed by atoms with van der Waals surface area (Å²) in [6.45, 7) is 1.88. The van der Waals surface area contributed by atoms with E-state index in [1.807, 2.05) is 6.92 Å². The van der Waals surface area contributed by atoms with Crippen molar-refractivity contribution in [3.8, 4) is 11.5 Å². The summed E-state index contributed by atoms with van der Waals surface area (Å²) in [4.78, 5) is 0. The first-order valence-corrected chi connectivity index (χ1v) is 11.7. The molecule has 2 saturated carbocycles. The standard InChI is InChI=1S/C21H22ClF3N4O3S/c1-20(4-5-20)33(30)28-19(27)29-10-17(12-2-3-12)13(6-18(29)26)11-31-15-7-14(22)8-16(9-15)32-21(23,24)25/h6-10,12,26H,2-5,11H2,1H3,(H2,27,28). The van der Waals surface area contributed by atoms with Crippen LogP contribution in [0.3, 0.4) is 0 Å². The van der Waals surface area contributed by atoms with E-state index >= 15 is 0 Å². The minimum Gasteiger partial charge on any atom is -0.489 e. The van der Waals surface area contributed by atoms with Crippen molar-refractivity contribution in [3.05, 3.63) is 52.1 Å². The molecule has 2 aliphatic rings. The molecule has 0 bridgehead atoms. The van der Waals surface area contributed by atoms with Crippen LogP contribution in [0.5, 0.6) is 11.5 Å². The Morgan fingerprint density at radius 1 is 1.30 bits per heavy atom. The first-order valence-electron chi connectivity index (χ1n) is 10.2. The van der Waals surface area contributed by atoms with E-state index in [1.165, 1.54) is 10.6 Å². The predicted molar refractivity (Wildman–Crippen MR) is 118 cm³/mol. The van der Waals surface area contributed by atoms with Gasteiger partial charge in [0.2, 0.25) is 5.96 Å². The molecule has 0 spiro atoms. The number of nitrogens with two attached hydrogens (primary N) is 1. The molecule has 0 radical (unpaired) electrons. The summed E-state index contributed by atoms with van der Waals surface area (Å²) < 4.78 is 64.7. The van der Waals surface area contributed by atoms with E-state index in [9.17, 15) is 17.4 Å². The van der Waals surface area contributed by atoms with E-state index in [0.29, 0.717) is 5.56 Å². The van der Waals surface area contributed by atoms with Crippen molar-refractivity contribution in [3.63, 3.8) is 0 Å². The van der Waals surface area contributed by atoms with Crippen LogP contribution in [-0.4, -0.2) is 25.8 Å². The van der Waals surface area contributed by atoms with Crippen LogP contribution < -0.4 is 20.7 Å².